The minimum absolute atomic E-state index is 0.206. The second-order valence-corrected chi connectivity index (χ2v) is 9.09. The predicted octanol–water partition coefficient (Wildman–Crippen LogP) is 2.97. The number of nitrogens with one attached hydrogen (secondary N) is 1. The van der Waals surface area contributed by atoms with E-state index in [1.807, 2.05) is 0 Å². The Kier molecular flexibility index (Phi) is 8.55. The molecule has 1 aromatic rings. The number of hydrogen-bond donors (Lipinski definition) is 2. The van der Waals surface area contributed by atoms with Gasteiger partial charge in [-0.25, -0.2) is 4.99 Å². The molecule has 0 aromatic heterocycles. The lowest BCUT2D eigenvalue weighted by Crippen LogP contribution is -2.47. The lowest BCUT2D eigenvalue weighted by Gasteiger charge is -2.34. The van der Waals surface area contributed by atoms with Crippen LogP contribution in [0.25, 0.3) is 0 Å². The Morgan fingerprint density at radius 1 is 1.13 bits per heavy atom. The van der Waals surface area contributed by atoms with Gasteiger partial charge in [-0.1, -0.05) is 31.2 Å². The van der Waals surface area contributed by atoms with Gasteiger partial charge in [-0.3, -0.25) is 9.69 Å². The molecule has 0 spiro atoms. The Morgan fingerprint density at radius 2 is 1.87 bits per heavy atom. The van der Waals surface area contributed by atoms with Gasteiger partial charge in [0.15, 0.2) is 5.96 Å². The molecule has 2 heterocycles. The topological polar surface area (TPSA) is 74.0 Å². The highest BCUT2D eigenvalue weighted by Crippen LogP contribution is 2.20. The summed E-state index contributed by atoms with van der Waals surface area (Å²) in [5.41, 5.74) is 8.02. The number of nitrogens with zero attached hydrogens (tertiary/aromatic N) is 3. The third kappa shape index (κ3) is 7.01. The first-order valence-electron chi connectivity index (χ1n) is 11.6. The van der Waals surface area contributed by atoms with Crippen molar-refractivity contribution in [1.29, 1.82) is 0 Å². The number of carbonyl (C=O) groups is 1. The fraction of sp³-hybridized carbons (Fsp3) is 0.667. The summed E-state index contributed by atoms with van der Waals surface area (Å²) >= 11 is 0. The number of rotatable bonds is 7. The molecule has 1 aromatic carbocycles. The molecule has 2 aliphatic rings. The quantitative estimate of drug-likeness (QED) is 0.532. The molecule has 30 heavy (non-hydrogen) atoms. The van der Waals surface area contributed by atoms with Gasteiger partial charge in [0.25, 0.3) is 0 Å². The first-order valence-corrected chi connectivity index (χ1v) is 11.6. The van der Waals surface area contributed by atoms with Crippen molar-refractivity contribution in [2.45, 2.75) is 59.0 Å². The largest absolute Gasteiger partial charge is 0.370 e. The molecule has 2 saturated heterocycles. The number of likely N-dealkylation sites (tertiary alicyclic amines) is 2. The average molecular weight is 414 g/mol. The van der Waals surface area contributed by atoms with E-state index in [9.17, 15) is 4.79 Å². The summed E-state index contributed by atoms with van der Waals surface area (Å²) in [6.45, 7) is 11.3. The minimum atomic E-state index is -0.206. The Balaban J connectivity index is 1.57. The van der Waals surface area contributed by atoms with Crippen molar-refractivity contribution in [3.63, 3.8) is 0 Å². The van der Waals surface area contributed by atoms with Crippen molar-refractivity contribution in [3.05, 3.63) is 35.4 Å². The van der Waals surface area contributed by atoms with Gasteiger partial charge in [-0.15, -0.1) is 0 Å². The normalized spacial score (nSPS) is 23.4. The molecule has 1 amide bonds. The lowest BCUT2D eigenvalue weighted by molar-refractivity contribution is -0.119. The number of primary amides is 1. The van der Waals surface area contributed by atoms with Crippen LogP contribution in [-0.2, 0) is 17.9 Å². The zero-order valence-corrected chi connectivity index (χ0v) is 18.8. The smallest absolute Gasteiger partial charge is 0.217 e. The first kappa shape index (κ1) is 22.6. The fourth-order valence-corrected chi connectivity index (χ4v) is 4.74. The Morgan fingerprint density at radius 3 is 2.57 bits per heavy atom. The number of guanidine groups is 1. The highest BCUT2D eigenvalue weighted by atomic mass is 16.1. The van der Waals surface area contributed by atoms with Crippen molar-refractivity contribution in [1.82, 2.24) is 15.1 Å². The van der Waals surface area contributed by atoms with Crippen molar-refractivity contribution >= 4 is 11.9 Å². The number of piperidine rings is 2. The van der Waals surface area contributed by atoms with E-state index in [2.05, 4.69) is 53.2 Å². The van der Waals surface area contributed by atoms with E-state index in [4.69, 9.17) is 10.7 Å². The second-order valence-electron chi connectivity index (χ2n) is 9.09. The number of carbonyl (C=O) groups excluding carboxylic acids is 1. The van der Waals surface area contributed by atoms with Gasteiger partial charge < -0.3 is 16.0 Å². The first-order chi connectivity index (χ1) is 14.5. The summed E-state index contributed by atoms with van der Waals surface area (Å²) in [5, 5.41) is 3.42. The van der Waals surface area contributed by atoms with Crippen LogP contribution >= 0.6 is 0 Å². The molecule has 0 radical (unpaired) electrons. The third-order valence-corrected chi connectivity index (χ3v) is 6.22. The molecule has 2 aliphatic heterocycles. The Bertz CT molecular complexity index is 702. The SMILES string of the molecule is CCNC(=NCc1ccc(CN2CCCC(C)C2)cc1)N1CCCC(CC(N)=O)C1. The monoisotopic (exact) mass is 413 g/mol. The summed E-state index contributed by atoms with van der Waals surface area (Å²) in [6.07, 6.45) is 5.29. The summed E-state index contributed by atoms with van der Waals surface area (Å²) in [5.74, 6) is 1.88. The van der Waals surface area contributed by atoms with Gasteiger partial charge in [0.05, 0.1) is 6.54 Å². The second kappa shape index (κ2) is 11.3. The van der Waals surface area contributed by atoms with Crippen LogP contribution in [0.1, 0.15) is 57.1 Å². The van der Waals surface area contributed by atoms with Crippen LogP contribution in [-0.4, -0.2) is 54.4 Å². The Hall–Kier alpha value is -2.08. The summed E-state index contributed by atoms with van der Waals surface area (Å²) in [7, 11) is 0. The molecule has 6 heteroatoms. The van der Waals surface area contributed by atoms with E-state index in [0.29, 0.717) is 18.9 Å². The van der Waals surface area contributed by atoms with E-state index in [1.54, 1.807) is 0 Å². The number of amides is 1. The van der Waals surface area contributed by atoms with Gasteiger partial charge in [0.1, 0.15) is 0 Å². The van der Waals surface area contributed by atoms with Crippen LogP contribution in [0.4, 0.5) is 0 Å². The van der Waals surface area contributed by atoms with E-state index in [1.165, 1.54) is 37.1 Å². The number of benzene rings is 1. The van der Waals surface area contributed by atoms with Crippen molar-refractivity contribution in [3.8, 4) is 0 Å². The standard InChI is InChI=1S/C24H39N5O/c1-3-26-24(29-13-5-7-22(18-29)14-23(25)30)27-15-20-8-10-21(11-9-20)17-28-12-4-6-19(2)16-28/h8-11,19,22H,3-7,12-18H2,1-2H3,(H2,25,30)(H,26,27). The highest BCUT2D eigenvalue weighted by Gasteiger charge is 2.23. The molecule has 2 atom stereocenters. The van der Waals surface area contributed by atoms with Gasteiger partial charge in [0.2, 0.25) is 5.91 Å². The van der Waals surface area contributed by atoms with Crippen LogP contribution in [0.3, 0.4) is 0 Å². The molecule has 0 bridgehead atoms. The molecular weight excluding hydrogens is 374 g/mol. The maximum Gasteiger partial charge on any atom is 0.217 e. The molecule has 6 nitrogen and oxygen atoms in total. The molecule has 166 valence electrons. The van der Waals surface area contributed by atoms with Crippen molar-refractivity contribution < 1.29 is 4.79 Å². The highest BCUT2D eigenvalue weighted by molar-refractivity contribution is 5.80. The maximum absolute atomic E-state index is 11.3. The molecule has 0 saturated carbocycles. The summed E-state index contributed by atoms with van der Waals surface area (Å²) < 4.78 is 0. The predicted molar refractivity (Wildman–Crippen MR) is 123 cm³/mol. The molecule has 2 fully saturated rings. The molecule has 0 aliphatic carbocycles. The van der Waals surface area contributed by atoms with Crippen LogP contribution < -0.4 is 11.1 Å². The summed E-state index contributed by atoms with van der Waals surface area (Å²) in [6, 6.07) is 8.92. The van der Waals surface area contributed by atoms with Crippen LogP contribution in [0.15, 0.2) is 29.3 Å². The van der Waals surface area contributed by atoms with Crippen molar-refractivity contribution in [2.24, 2.45) is 22.6 Å². The van der Waals surface area contributed by atoms with E-state index < -0.39 is 0 Å². The van der Waals surface area contributed by atoms with Crippen LogP contribution in [0.5, 0.6) is 0 Å². The zero-order chi connectivity index (χ0) is 21.3. The van der Waals surface area contributed by atoms with Crippen molar-refractivity contribution in [2.75, 3.05) is 32.7 Å². The zero-order valence-electron chi connectivity index (χ0n) is 18.8. The van der Waals surface area contributed by atoms with E-state index in [0.717, 1.165) is 50.9 Å². The van der Waals surface area contributed by atoms with Crippen LogP contribution in [0, 0.1) is 11.8 Å². The average Bonchev–Trinajstić information content (AvgIpc) is 2.72. The van der Waals surface area contributed by atoms with E-state index >= 15 is 0 Å². The molecule has 2 unspecified atom stereocenters. The number of aliphatic imine (C=N–C) groups is 1. The van der Waals surface area contributed by atoms with Gasteiger partial charge in [-0.05, 0) is 62.1 Å². The molecular formula is C24H39N5O. The van der Waals surface area contributed by atoms with Gasteiger partial charge in [0, 0.05) is 39.1 Å². The third-order valence-electron chi connectivity index (χ3n) is 6.22. The fourth-order valence-electron chi connectivity index (χ4n) is 4.74. The Labute approximate surface area is 181 Å². The maximum atomic E-state index is 11.3. The van der Waals surface area contributed by atoms with Gasteiger partial charge in [-0.2, -0.15) is 0 Å². The van der Waals surface area contributed by atoms with Crippen LogP contribution in [0.2, 0.25) is 0 Å². The molecule has 3 N–H and O–H groups in total. The lowest BCUT2D eigenvalue weighted by atomic mass is 9.95. The molecule has 3 rings (SSSR count). The number of nitrogens with two attached hydrogens (primary N) is 1. The van der Waals surface area contributed by atoms with Gasteiger partial charge >= 0.3 is 0 Å². The summed E-state index contributed by atoms with van der Waals surface area (Å²) in [4.78, 5) is 21.0. The van der Waals surface area contributed by atoms with E-state index in [-0.39, 0.29) is 5.91 Å². The number of hydrogen-bond acceptors (Lipinski definition) is 3. The minimum Gasteiger partial charge on any atom is -0.370 e.